The van der Waals surface area contributed by atoms with Gasteiger partial charge in [-0.05, 0) is 37.3 Å². The molecule has 1 atom stereocenters. The highest BCUT2D eigenvalue weighted by atomic mass is 19.1. The largest absolute Gasteiger partial charge is 0.493 e. The van der Waals surface area contributed by atoms with Gasteiger partial charge in [0.15, 0.2) is 11.5 Å². The van der Waals surface area contributed by atoms with Gasteiger partial charge in [-0.25, -0.2) is 9.07 Å². The Morgan fingerprint density at radius 1 is 1.00 bits per heavy atom. The van der Waals surface area contributed by atoms with Crippen LogP contribution in [0.2, 0.25) is 0 Å². The SMILES string of the molecule is COc1cc(NC(=O)C(C)n2nc(-c3ccc(F)cc3)ccc2=O)cc(OC)c1OC. The summed E-state index contributed by atoms with van der Waals surface area (Å²) in [5.74, 6) is 0.285. The summed E-state index contributed by atoms with van der Waals surface area (Å²) in [6, 6.07) is 10.8. The van der Waals surface area contributed by atoms with Gasteiger partial charge in [0, 0.05) is 29.4 Å². The summed E-state index contributed by atoms with van der Waals surface area (Å²) >= 11 is 0. The first-order valence-electron chi connectivity index (χ1n) is 9.34. The number of amides is 1. The minimum Gasteiger partial charge on any atom is -0.493 e. The summed E-state index contributed by atoms with van der Waals surface area (Å²) in [5, 5.41) is 7.01. The maximum absolute atomic E-state index is 13.2. The first-order chi connectivity index (χ1) is 14.9. The maximum Gasteiger partial charge on any atom is 0.267 e. The monoisotopic (exact) mass is 427 g/mol. The average molecular weight is 427 g/mol. The molecule has 0 spiro atoms. The summed E-state index contributed by atoms with van der Waals surface area (Å²) in [6.45, 7) is 1.55. The minimum absolute atomic E-state index is 0.374. The maximum atomic E-state index is 13.2. The van der Waals surface area contributed by atoms with Crippen molar-refractivity contribution in [1.82, 2.24) is 9.78 Å². The second kappa shape index (κ2) is 9.29. The number of aromatic nitrogens is 2. The fourth-order valence-corrected chi connectivity index (χ4v) is 2.99. The number of halogens is 1. The topological polar surface area (TPSA) is 91.7 Å². The van der Waals surface area contributed by atoms with E-state index in [1.165, 1.54) is 45.6 Å². The van der Waals surface area contributed by atoms with Crippen LogP contribution in [0.4, 0.5) is 10.1 Å². The highest BCUT2D eigenvalue weighted by Crippen LogP contribution is 2.40. The van der Waals surface area contributed by atoms with E-state index in [1.54, 1.807) is 31.2 Å². The van der Waals surface area contributed by atoms with Gasteiger partial charge in [0.1, 0.15) is 11.9 Å². The number of rotatable bonds is 7. The van der Waals surface area contributed by atoms with Crippen molar-refractivity contribution in [2.45, 2.75) is 13.0 Å². The Morgan fingerprint density at radius 2 is 1.61 bits per heavy atom. The number of anilines is 1. The van der Waals surface area contributed by atoms with E-state index in [0.717, 1.165) is 4.68 Å². The summed E-state index contributed by atoms with van der Waals surface area (Å²) < 4.78 is 30.1. The number of nitrogens with one attached hydrogen (secondary N) is 1. The Morgan fingerprint density at radius 3 is 2.16 bits per heavy atom. The van der Waals surface area contributed by atoms with Gasteiger partial charge < -0.3 is 19.5 Å². The molecule has 0 aliphatic rings. The zero-order chi connectivity index (χ0) is 22.5. The predicted molar refractivity (Wildman–Crippen MR) is 113 cm³/mol. The number of benzene rings is 2. The smallest absolute Gasteiger partial charge is 0.267 e. The molecule has 31 heavy (non-hydrogen) atoms. The van der Waals surface area contributed by atoms with Gasteiger partial charge in [-0.15, -0.1) is 0 Å². The lowest BCUT2D eigenvalue weighted by Crippen LogP contribution is -2.33. The van der Waals surface area contributed by atoms with E-state index in [2.05, 4.69) is 10.4 Å². The third-order valence-corrected chi connectivity index (χ3v) is 4.64. The fourth-order valence-electron chi connectivity index (χ4n) is 2.99. The lowest BCUT2D eigenvalue weighted by molar-refractivity contribution is -0.119. The van der Waals surface area contributed by atoms with Gasteiger partial charge in [0.05, 0.1) is 27.0 Å². The van der Waals surface area contributed by atoms with Gasteiger partial charge in [0.25, 0.3) is 5.56 Å². The van der Waals surface area contributed by atoms with Gasteiger partial charge >= 0.3 is 0 Å². The van der Waals surface area contributed by atoms with Crippen molar-refractivity contribution in [2.24, 2.45) is 0 Å². The molecular weight excluding hydrogens is 405 g/mol. The molecule has 0 radical (unpaired) electrons. The molecule has 162 valence electrons. The third kappa shape index (κ3) is 4.66. The van der Waals surface area contributed by atoms with Crippen molar-refractivity contribution >= 4 is 11.6 Å². The van der Waals surface area contributed by atoms with Crippen LogP contribution in [0.3, 0.4) is 0 Å². The first kappa shape index (κ1) is 21.8. The molecule has 0 aliphatic heterocycles. The van der Waals surface area contributed by atoms with E-state index >= 15 is 0 Å². The van der Waals surface area contributed by atoms with Gasteiger partial charge in [-0.3, -0.25) is 9.59 Å². The van der Waals surface area contributed by atoms with Crippen LogP contribution < -0.4 is 25.1 Å². The second-order valence-electron chi connectivity index (χ2n) is 6.59. The van der Waals surface area contributed by atoms with Crippen molar-refractivity contribution in [2.75, 3.05) is 26.6 Å². The molecule has 0 fully saturated rings. The average Bonchev–Trinajstić information content (AvgIpc) is 2.78. The molecule has 0 bridgehead atoms. The van der Waals surface area contributed by atoms with E-state index in [4.69, 9.17) is 14.2 Å². The van der Waals surface area contributed by atoms with Crippen LogP contribution in [0.1, 0.15) is 13.0 Å². The number of carbonyl (C=O) groups excluding carboxylic acids is 1. The van der Waals surface area contributed by atoms with E-state index < -0.39 is 17.5 Å². The molecule has 1 N–H and O–H groups in total. The molecule has 1 heterocycles. The van der Waals surface area contributed by atoms with Crippen LogP contribution >= 0.6 is 0 Å². The molecule has 0 saturated carbocycles. The second-order valence-corrected chi connectivity index (χ2v) is 6.59. The van der Waals surface area contributed by atoms with E-state index in [0.29, 0.717) is 34.2 Å². The molecule has 1 unspecified atom stereocenters. The number of ether oxygens (including phenoxy) is 3. The molecular formula is C22H22FN3O5. The molecule has 8 nitrogen and oxygen atoms in total. The summed E-state index contributed by atoms with van der Waals surface area (Å²) in [5.41, 5.74) is 1.01. The third-order valence-electron chi connectivity index (χ3n) is 4.64. The fraction of sp³-hybridized carbons (Fsp3) is 0.227. The molecule has 1 amide bonds. The van der Waals surface area contributed by atoms with Crippen LogP contribution in [0.15, 0.2) is 53.3 Å². The van der Waals surface area contributed by atoms with Crippen LogP contribution in [0.25, 0.3) is 11.3 Å². The zero-order valence-corrected chi connectivity index (χ0v) is 17.5. The summed E-state index contributed by atoms with van der Waals surface area (Å²) in [4.78, 5) is 25.2. The molecule has 3 aromatic rings. The van der Waals surface area contributed by atoms with Crippen molar-refractivity contribution < 1.29 is 23.4 Å². The molecule has 1 aromatic heterocycles. The number of hydrogen-bond donors (Lipinski definition) is 1. The van der Waals surface area contributed by atoms with Crippen molar-refractivity contribution in [3.8, 4) is 28.5 Å². The van der Waals surface area contributed by atoms with Crippen LogP contribution in [-0.4, -0.2) is 37.0 Å². The van der Waals surface area contributed by atoms with Gasteiger partial charge in [0.2, 0.25) is 11.7 Å². The number of carbonyl (C=O) groups is 1. The van der Waals surface area contributed by atoms with Crippen LogP contribution in [-0.2, 0) is 4.79 Å². The van der Waals surface area contributed by atoms with E-state index in [9.17, 15) is 14.0 Å². The van der Waals surface area contributed by atoms with Gasteiger partial charge in [-0.1, -0.05) is 0 Å². The predicted octanol–water partition coefficient (Wildman–Crippen LogP) is 3.27. The minimum atomic E-state index is -0.924. The Kier molecular flexibility index (Phi) is 6.54. The highest BCUT2D eigenvalue weighted by molar-refractivity contribution is 5.94. The van der Waals surface area contributed by atoms with Crippen molar-refractivity contribution in [3.63, 3.8) is 0 Å². The Balaban J connectivity index is 1.89. The van der Waals surface area contributed by atoms with Crippen LogP contribution in [0, 0.1) is 5.82 Å². The quantitative estimate of drug-likeness (QED) is 0.622. The number of methoxy groups -OCH3 is 3. The normalized spacial score (nSPS) is 11.5. The van der Waals surface area contributed by atoms with Crippen LogP contribution in [0.5, 0.6) is 17.2 Å². The van der Waals surface area contributed by atoms with Crippen molar-refractivity contribution in [1.29, 1.82) is 0 Å². The Labute approximate surface area is 178 Å². The van der Waals surface area contributed by atoms with Crippen molar-refractivity contribution in [3.05, 3.63) is 64.7 Å². The lowest BCUT2D eigenvalue weighted by atomic mass is 10.1. The first-order valence-corrected chi connectivity index (χ1v) is 9.34. The summed E-state index contributed by atoms with van der Waals surface area (Å²) in [7, 11) is 4.42. The lowest BCUT2D eigenvalue weighted by Gasteiger charge is -2.17. The molecule has 2 aromatic carbocycles. The highest BCUT2D eigenvalue weighted by Gasteiger charge is 2.20. The zero-order valence-electron chi connectivity index (χ0n) is 17.5. The molecule has 0 saturated heterocycles. The Bertz CT molecular complexity index is 1120. The molecule has 0 aliphatic carbocycles. The molecule has 3 rings (SSSR count). The number of nitrogens with zero attached hydrogens (tertiary/aromatic N) is 2. The molecule has 9 heteroatoms. The standard InChI is InChI=1S/C22H22FN3O5/c1-13(22(28)24-16-11-18(29-2)21(31-4)19(12-16)30-3)26-20(27)10-9-17(25-26)14-5-7-15(23)8-6-14/h5-13H,1-4H3,(H,24,28). The Hall–Kier alpha value is -3.88. The van der Waals surface area contributed by atoms with Gasteiger partial charge in [-0.2, -0.15) is 5.10 Å². The summed E-state index contributed by atoms with van der Waals surface area (Å²) in [6.07, 6.45) is 0. The van der Waals surface area contributed by atoms with E-state index in [1.807, 2.05) is 0 Å². The van der Waals surface area contributed by atoms with E-state index in [-0.39, 0.29) is 5.82 Å². The number of hydrogen-bond acceptors (Lipinski definition) is 6.